The van der Waals surface area contributed by atoms with E-state index in [2.05, 4.69) is 14.8 Å². The first-order valence-electron chi connectivity index (χ1n) is 6.42. The lowest BCUT2D eigenvalue weighted by Crippen LogP contribution is -2.28. The maximum atomic E-state index is 13.2. The van der Waals surface area contributed by atoms with Crippen molar-refractivity contribution in [1.29, 1.82) is 0 Å². The van der Waals surface area contributed by atoms with Gasteiger partial charge in [-0.15, -0.1) is 0 Å². The van der Waals surface area contributed by atoms with Crippen LogP contribution >= 0.6 is 0 Å². The van der Waals surface area contributed by atoms with Crippen LogP contribution in [0.15, 0.2) is 24.7 Å². The van der Waals surface area contributed by atoms with Gasteiger partial charge in [-0.2, -0.15) is 18.3 Å². The van der Waals surface area contributed by atoms with Gasteiger partial charge in [0.2, 0.25) is 0 Å². The van der Waals surface area contributed by atoms with Gasteiger partial charge in [-0.25, -0.2) is 13.9 Å². The minimum Gasteiger partial charge on any atom is -0.449 e. The average Bonchev–Trinajstić information content (AvgIpc) is 2.92. The largest absolute Gasteiger partial charge is 0.449 e. The second-order valence-electron chi connectivity index (χ2n) is 4.42. The van der Waals surface area contributed by atoms with Crippen molar-refractivity contribution in [1.82, 2.24) is 14.8 Å². The molecule has 0 saturated heterocycles. The van der Waals surface area contributed by atoms with E-state index in [-0.39, 0.29) is 12.3 Å². The number of pyridine rings is 1. The van der Waals surface area contributed by atoms with Gasteiger partial charge in [0, 0.05) is 13.1 Å². The molecule has 0 aromatic carbocycles. The van der Waals surface area contributed by atoms with E-state index < -0.39 is 29.5 Å². The number of hydrogen-bond donors (Lipinski definition) is 0. The number of rotatable bonds is 3. The van der Waals surface area contributed by atoms with Crippen molar-refractivity contribution >= 4 is 11.8 Å². The number of halogens is 4. The van der Waals surface area contributed by atoms with Crippen LogP contribution < -0.4 is 4.90 Å². The van der Waals surface area contributed by atoms with Gasteiger partial charge in [0.05, 0.1) is 36.6 Å². The summed E-state index contributed by atoms with van der Waals surface area (Å²) in [6.07, 6.45) is -2.76. The van der Waals surface area contributed by atoms with Crippen molar-refractivity contribution in [2.75, 3.05) is 18.6 Å². The Morgan fingerprint density at radius 1 is 1.39 bits per heavy atom. The molecule has 0 bridgehead atoms. The number of nitrogens with zero attached hydrogens (tertiary/aromatic N) is 4. The summed E-state index contributed by atoms with van der Waals surface area (Å²) in [5.74, 6) is -0.730. The number of carbonyl (C=O) groups excluding carboxylic acids is 1. The van der Waals surface area contributed by atoms with Crippen LogP contribution in [0.25, 0.3) is 5.69 Å². The van der Waals surface area contributed by atoms with E-state index >= 15 is 0 Å². The summed E-state index contributed by atoms with van der Waals surface area (Å²) >= 11 is 0. The summed E-state index contributed by atoms with van der Waals surface area (Å²) in [5.41, 5.74) is -1.82. The molecule has 0 spiro atoms. The van der Waals surface area contributed by atoms with Crippen molar-refractivity contribution in [3.8, 4) is 5.69 Å². The van der Waals surface area contributed by atoms with Gasteiger partial charge in [0.25, 0.3) is 0 Å². The lowest BCUT2D eigenvalue weighted by molar-refractivity contribution is -0.140. The second kappa shape index (κ2) is 6.23. The Labute approximate surface area is 128 Å². The molecular weight excluding hydrogens is 320 g/mol. The van der Waals surface area contributed by atoms with Gasteiger partial charge >= 0.3 is 12.3 Å². The van der Waals surface area contributed by atoms with Gasteiger partial charge in [0.15, 0.2) is 5.69 Å². The highest BCUT2D eigenvalue weighted by Gasteiger charge is 2.39. The SMILES string of the molecule is CCOC(=O)N(C)c1cn(-c2cncc(F)c2)nc1C(F)(F)F. The highest BCUT2D eigenvalue weighted by Crippen LogP contribution is 2.36. The van der Waals surface area contributed by atoms with Crippen LogP contribution in [0.2, 0.25) is 0 Å². The number of ether oxygens (including phenoxy) is 1. The topological polar surface area (TPSA) is 60.2 Å². The number of carbonyl (C=O) groups is 1. The standard InChI is InChI=1S/C13H12F4N4O2/c1-3-23-12(22)20(2)10-7-21(19-11(10)13(15,16)17)9-4-8(14)5-18-6-9/h4-7H,3H2,1-2H3. The van der Waals surface area contributed by atoms with E-state index in [4.69, 9.17) is 0 Å². The Morgan fingerprint density at radius 3 is 2.65 bits per heavy atom. The molecule has 2 aromatic heterocycles. The predicted octanol–water partition coefficient (Wildman–Crippen LogP) is 3.02. The number of alkyl halides is 3. The number of amides is 1. The number of aromatic nitrogens is 3. The molecule has 6 nitrogen and oxygen atoms in total. The highest BCUT2D eigenvalue weighted by atomic mass is 19.4. The van der Waals surface area contributed by atoms with Crippen molar-refractivity contribution in [3.63, 3.8) is 0 Å². The molecule has 0 aliphatic heterocycles. The van der Waals surface area contributed by atoms with E-state index in [9.17, 15) is 22.4 Å². The first kappa shape index (κ1) is 16.7. The molecule has 124 valence electrons. The van der Waals surface area contributed by atoms with Crippen molar-refractivity contribution in [2.45, 2.75) is 13.1 Å². The molecule has 0 aliphatic carbocycles. The molecule has 0 atom stereocenters. The van der Waals surface area contributed by atoms with E-state index in [1.807, 2.05) is 0 Å². The van der Waals surface area contributed by atoms with Crippen LogP contribution in [-0.4, -0.2) is 34.5 Å². The molecule has 0 aliphatic rings. The molecule has 2 rings (SSSR count). The van der Waals surface area contributed by atoms with Crippen LogP contribution in [0.3, 0.4) is 0 Å². The fourth-order valence-corrected chi connectivity index (χ4v) is 1.79. The zero-order valence-corrected chi connectivity index (χ0v) is 12.1. The second-order valence-corrected chi connectivity index (χ2v) is 4.42. The fourth-order valence-electron chi connectivity index (χ4n) is 1.79. The minimum atomic E-state index is -4.80. The van der Waals surface area contributed by atoms with E-state index in [1.54, 1.807) is 0 Å². The van der Waals surface area contributed by atoms with Gasteiger partial charge in [0.1, 0.15) is 5.82 Å². The van der Waals surface area contributed by atoms with E-state index in [0.29, 0.717) is 4.90 Å². The Kier molecular flexibility index (Phi) is 4.52. The molecular formula is C13H12F4N4O2. The van der Waals surface area contributed by atoms with Crippen molar-refractivity contribution < 1.29 is 27.1 Å². The summed E-state index contributed by atoms with van der Waals surface area (Å²) in [4.78, 5) is 15.9. The summed E-state index contributed by atoms with van der Waals surface area (Å²) < 4.78 is 58.0. The van der Waals surface area contributed by atoms with Gasteiger partial charge in [-0.05, 0) is 6.92 Å². The summed E-state index contributed by atoms with van der Waals surface area (Å²) in [6.45, 7) is 1.53. The lowest BCUT2D eigenvalue weighted by atomic mass is 10.3. The Hall–Kier alpha value is -2.65. The Balaban J connectivity index is 2.51. The maximum absolute atomic E-state index is 13.2. The summed E-state index contributed by atoms with van der Waals surface area (Å²) in [5, 5.41) is 3.39. The molecule has 2 heterocycles. The number of anilines is 1. The summed E-state index contributed by atoms with van der Waals surface area (Å²) in [6, 6.07) is 0.967. The van der Waals surface area contributed by atoms with Crippen molar-refractivity contribution in [2.24, 2.45) is 0 Å². The molecule has 0 saturated carbocycles. The molecule has 1 amide bonds. The predicted molar refractivity (Wildman–Crippen MR) is 71.7 cm³/mol. The molecule has 2 aromatic rings. The molecule has 23 heavy (non-hydrogen) atoms. The fraction of sp³-hybridized carbons (Fsp3) is 0.308. The normalized spacial score (nSPS) is 11.4. The summed E-state index contributed by atoms with van der Waals surface area (Å²) in [7, 11) is 1.12. The first-order chi connectivity index (χ1) is 10.7. The lowest BCUT2D eigenvalue weighted by Gasteiger charge is -2.16. The maximum Gasteiger partial charge on any atom is 0.437 e. The third kappa shape index (κ3) is 3.58. The van der Waals surface area contributed by atoms with Crippen LogP contribution in [0.5, 0.6) is 0 Å². The van der Waals surface area contributed by atoms with Crippen molar-refractivity contribution in [3.05, 3.63) is 36.2 Å². The molecule has 0 unspecified atom stereocenters. The third-order valence-electron chi connectivity index (χ3n) is 2.82. The molecule has 0 radical (unpaired) electrons. The molecule has 10 heteroatoms. The van der Waals surface area contributed by atoms with Crippen LogP contribution in [0.4, 0.5) is 28.0 Å². The minimum absolute atomic E-state index is 0.00643. The first-order valence-corrected chi connectivity index (χ1v) is 6.42. The monoisotopic (exact) mass is 332 g/mol. The van der Waals surface area contributed by atoms with Crippen LogP contribution in [-0.2, 0) is 10.9 Å². The van der Waals surface area contributed by atoms with Crippen LogP contribution in [0, 0.1) is 5.82 Å². The third-order valence-corrected chi connectivity index (χ3v) is 2.82. The quantitative estimate of drug-likeness (QED) is 0.811. The Morgan fingerprint density at radius 2 is 2.09 bits per heavy atom. The number of hydrogen-bond acceptors (Lipinski definition) is 4. The molecule has 0 N–H and O–H groups in total. The van der Waals surface area contributed by atoms with Gasteiger partial charge < -0.3 is 4.74 Å². The van der Waals surface area contributed by atoms with E-state index in [0.717, 1.165) is 36.4 Å². The average molecular weight is 332 g/mol. The zero-order valence-electron chi connectivity index (χ0n) is 12.1. The van der Waals surface area contributed by atoms with Gasteiger partial charge in [-0.3, -0.25) is 9.88 Å². The van der Waals surface area contributed by atoms with E-state index in [1.165, 1.54) is 6.92 Å². The van der Waals surface area contributed by atoms with Gasteiger partial charge in [-0.1, -0.05) is 0 Å². The molecule has 0 fully saturated rings. The smallest absolute Gasteiger partial charge is 0.437 e. The highest BCUT2D eigenvalue weighted by molar-refractivity contribution is 5.87. The zero-order chi connectivity index (χ0) is 17.2. The van der Waals surface area contributed by atoms with Crippen LogP contribution in [0.1, 0.15) is 12.6 Å². The Bertz CT molecular complexity index is 714.